The van der Waals surface area contributed by atoms with E-state index in [2.05, 4.69) is 5.32 Å². The van der Waals surface area contributed by atoms with Gasteiger partial charge in [-0.2, -0.15) is 0 Å². The maximum atomic E-state index is 13.0. The van der Waals surface area contributed by atoms with Crippen molar-refractivity contribution < 1.29 is 14.4 Å². The van der Waals surface area contributed by atoms with Gasteiger partial charge in [0, 0.05) is 44.8 Å². The van der Waals surface area contributed by atoms with Gasteiger partial charge in [-0.3, -0.25) is 9.59 Å². The number of nitrogens with one attached hydrogen (secondary N) is 1. The van der Waals surface area contributed by atoms with Crippen molar-refractivity contribution in [2.24, 2.45) is 0 Å². The van der Waals surface area contributed by atoms with Gasteiger partial charge in [0.15, 0.2) is 0 Å². The van der Waals surface area contributed by atoms with Crippen molar-refractivity contribution in [1.29, 1.82) is 0 Å². The SMILES string of the molecule is CN1C(=O)C(CC(=O)N2CCC(N3Cc4ccccc4NC3=O)CC2)SC1c1ccccc1. The number of anilines is 1. The number of urea groups is 1. The second-order valence-corrected chi connectivity index (χ2v) is 10.2. The molecule has 4 amide bonds. The third-order valence-corrected chi connectivity index (χ3v) is 8.37. The van der Waals surface area contributed by atoms with E-state index in [1.54, 1.807) is 16.7 Å². The molecule has 0 saturated carbocycles. The van der Waals surface area contributed by atoms with Gasteiger partial charge in [-0.25, -0.2) is 4.79 Å². The zero-order valence-corrected chi connectivity index (χ0v) is 19.5. The molecule has 2 saturated heterocycles. The lowest BCUT2D eigenvalue weighted by Gasteiger charge is -2.40. The van der Waals surface area contributed by atoms with Gasteiger partial charge in [-0.1, -0.05) is 48.5 Å². The normalized spacial score (nSPS) is 23.5. The highest BCUT2D eigenvalue weighted by molar-refractivity contribution is 8.01. The molecule has 0 aliphatic carbocycles. The summed E-state index contributed by atoms with van der Waals surface area (Å²) < 4.78 is 0. The number of carbonyl (C=O) groups is 3. The van der Waals surface area contributed by atoms with Crippen LogP contribution < -0.4 is 5.32 Å². The number of benzene rings is 2. The number of rotatable bonds is 4. The molecule has 5 rings (SSSR count). The lowest BCUT2D eigenvalue weighted by Crippen LogP contribution is -2.51. The number of para-hydroxylation sites is 1. The fraction of sp³-hybridized carbons (Fsp3) is 0.400. The number of amides is 4. The Kier molecular flexibility index (Phi) is 6.01. The second-order valence-electron chi connectivity index (χ2n) is 8.87. The van der Waals surface area contributed by atoms with Gasteiger partial charge in [-0.15, -0.1) is 11.8 Å². The molecule has 2 fully saturated rings. The molecule has 2 aromatic carbocycles. The van der Waals surface area contributed by atoms with Crippen molar-refractivity contribution in [2.45, 2.75) is 42.5 Å². The zero-order chi connectivity index (χ0) is 22.9. The number of hydrogen-bond acceptors (Lipinski definition) is 4. The first-order valence-corrected chi connectivity index (χ1v) is 12.4. The molecule has 2 atom stereocenters. The Morgan fingerprint density at radius 3 is 2.48 bits per heavy atom. The summed E-state index contributed by atoms with van der Waals surface area (Å²) in [5.41, 5.74) is 3.07. The molecular weight excluding hydrogens is 436 g/mol. The fourth-order valence-corrected chi connectivity index (χ4v) is 6.37. The average Bonchev–Trinajstić information content (AvgIpc) is 3.12. The molecule has 0 radical (unpaired) electrons. The third kappa shape index (κ3) is 4.31. The number of thioether (sulfide) groups is 1. The van der Waals surface area contributed by atoms with Crippen LogP contribution >= 0.6 is 11.8 Å². The maximum Gasteiger partial charge on any atom is 0.322 e. The summed E-state index contributed by atoms with van der Waals surface area (Å²) in [4.78, 5) is 43.9. The van der Waals surface area contributed by atoms with E-state index in [-0.39, 0.29) is 40.9 Å². The predicted molar refractivity (Wildman–Crippen MR) is 129 cm³/mol. The van der Waals surface area contributed by atoms with Crippen molar-refractivity contribution in [2.75, 3.05) is 25.5 Å². The van der Waals surface area contributed by atoms with Crippen LogP contribution in [0.5, 0.6) is 0 Å². The van der Waals surface area contributed by atoms with Crippen LogP contribution in [-0.2, 0) is 16.1 Å². The van der Waals surface area contributed by atoms with Crippen LogP contribution in [-0.4, -0.2) is 64.0 Å². The van der Waals surface area contributed by atoms with Crippen LogP contribution in [0.2, 0.25) is 0 Å². The summed E-state index contributed by atoms with van der Waals surface area (Å²) in [6, 6.07) is 17.9. The molecule has 1 N–H and O–H groups in total. The first-order valence-electron chi connectivity index (χ1n) is 11.4. The quantitative estimate of drug-likeness (QED) is 0.749. The Morgan fingerprint density at radius 2 is 1.73 bits per heavy atom. The van der Waals surface area contributed by atoms with Crippen LogP contribution in [0.4, 0.5) is 10.5 Å². The van der Waals surface area contributed by atoms with Gasteiger partial charge < -0.3 is 20.0 Å². The minimum Gasteiger partial charge on any atom is -0.342 e. The lowest BCUT2D eigenvalue weighted by atomic mass is 10.0. The Balaban J connectivity index is 1.16. The molecule has 0 aromatic heterocycles. The lowest BCUT2D eigenvalue weighted by molar-refractivity contribution is -0.136. The van der Waals surface area contributed by atoms with Gasteiger partial charge in [0.2, 0.25) is 11.8 Å². The van der Waals surface area contributed by atoms with E-state index in [9.17, 15) is 14.4 Å². The number of piperidine rings is 1. The average molecular weight is 465 g/mol. The standard InChI is InChI=1S/C25H28N4O3S/c1-27-23(31)21(33-24(27)17-7-3-2-4-8-17)15-22(30)28-13-11-19(12-14-28)29-16-18-9-5-6-10-20(18)26-25(29)32/h2-10,19,21,24H,11-16H2,1H3,(H,26,32). The molecule has 0 spiro atoms. The smallest absolute Gasteiger partial charge is 0.322 e. The first kappa shape index (κ1) is 21.8. The van der Waals surface area contributed by atoms with E-state index in [0.717, 1.165) is 29.7 Å². The molecule has 8 heteroatoms. The molecule has 0 bridgehead atoms. The molecule has 7 nitrogen and oxygen atoms in total. The maximum absolute atomic E-state index is 13.0. The highest BCUT2D eigenvalue weighted by Crippen LogP contribution is 2.43. The second kappa shape index (κ2) is 9.09. The van der Waals surface area contributed by atoms with Crippen molar-refractivity contribution in [1.82, 2.24) is 14.7 Å². The molecule has 3 aliphatic heterocycles. The minimum absolute atomic E-state index is 0.0146. The van der Waals surface area contributed by atoms with Crippen molar-refractivity contribution in [3.63, 3.8) is 0 Å². The number of fused-ring (bicyclic) bond motifs is 1. The zero-order valence-electron chi connectivity index (χ0n) is 18.6. The van der Waals surface area contributed by atoms with Crippen LogP contribution in [0.15, 0.2) is 54.6 Å². The Morgan fingerprint density at radius 1 is 1.03 bits per heavy atom. The van der Waals surface area contributed by atoms with Gasteiger partial charge in [0.05, 0.1) is 5.25 Å². The Hall–Kier alpha value is -3.00. The summed E-state index contributed by atoms with van der Waals surface area (Å²) in [5.74, 6) is 0.0376. The van der Waals surface area contributed by atoms with E-state index in [1.165, 1.54) is 0 Å². The number of likely N-dealkylation sites (tertiary alicyclic amines) is 1. The summed E-state index contributed by atoms with van der Waals surface area (Å²) >= 11 is 1.56. The summed E-state index contributed by atoms with van der Waals surface area (Å²) in [6.45, 7) is 1.82. The molecule has 3 heterocycles. The molecule has 2 aromatic rings. The Labute approximate surface area is 198 Å². The highest BCUT2D eigenvalue weighted by atomic mass is 32.2. The number of hydrogen-bond donors (Lipinski definition) is 1. The van der Waals surface area contributed by atoms with Crippen molar-refractivity contribution >= 4 is 35.3 Å². The van der Waals surface area contributed by atoms with E-state index < -0.39 is 0 Å². The number of carbonyl (C=O) groups excluding carboxylic acids is 3. The summed E-state index contributed by atoms with van der Waals surface area (Å²) in [5, 5.41) is 2.57. The van der Waals surface area contributed by atoms with Crippen LogP contribution in [0.1, 0.15) is 35.8 Å². The molecule has 3 aliphatic rings. The van der Waals surface area contributed by atoms with Gasteiger partial charge >= 0.3 is 6.03 Å². The van der Waals surface area contributed by atoms with E-state index in [0.29, 0.717) is 19.6 Å². The van der Waals surface area contributed by atoms with Crippen LogP contribution in [0.3, 0.4) is 0 Å². The largest absolute Gasteiger partial charge is 0.342 e. The number of nitrogens with zero attached hydrogens (tertiary/aromatic N) is 3. The van der Waals surface area contributed by atoms with Gasteiger partial charge in [-0.05, 0) is 30.0 Å². The van der Waals surface area contributed by atoms with Gasteiger partial charge in [0.1, 0.15) is 5.37 Å². The topological polar surface area (TPSA) is 73.0 Å². The predicted octanol–water partition coefficient (Wildman–Crippen LogP) is 3.69. The first-order chi connectivity index (χ1) is 16.0. The summed E-state index contributed by atoms with van der Waals surface area (Å²) in [6.07, 6.45) is 1.72. The van der Waals surface area contributed by atoms with E-state index in [1.807, 2.05) is 71.4 Å². The highest BCUT2D eigenvalue weighted by Gasteiger charge is 2.41. The van der Waals surface area contributed by atoms with Gasteiger partial charge in [0.25, 0.3) is 0 Å². The Bertz CT molecular complexity index is 1050. The molecular formula is C25H28N4O3S. The monoisotopic (exact) mass is 464 g/mol. The van der Waals surface area contributed by atoms with Crippen molar-refractivity contribution in [3.05, 3.63) is 65.7 Å². The third-order valence-electron chi connectivity index (χ3n) is 6.83. The molecule has 172 valence electrons. The summed E-state index contributed by atoms with van der Waals surface area (Å²) in [7, 11) is 1.81. The van der Waals surface area contributed by atoms with Crippen LogP contribution in [0, 0.1) is 0 Å². The van der Waals surface area contributed by atoms with Crippen LogP contribution in [0.25, 0.3) is 0 Å². The van der Waals surface area contributed by atoms with E-state index >= 15 is 0 Å². The minimum atomic E-state index is -0.352. The molecule has 2 unspecified atom stereocenters. The fourth-order valence-electron chi connectivity index (χ4n) is 4.94. The van der Waals surface area contributed by atoms with E-state index in [4.69, 9.17) is 0 Å². The molecule has 33 heavy (non-hydrogen) atoms. The van der Waals surface area contributed by atoms with Crippen molar-refractivity contribution in [3.8, 4) is 0 Å².